The normalized spacial score (nSPS) is 13.2. The highest BCUT2D eigenvalue weighted by Gasteiger charge is 2.26. The molecule has 0 saturated carbocycles. The molecule has 18 heavy (non-hydrogen) atoms. The Labute approximate surface area is 117 Å². The van der Waals surface area contributed by atoms with Crippen LogP contribution >= 0.6 is 11.8 Å². The summed E-state index contributed by atoms with van der Waals surface area (Å²) in [6.07, 6.45) is 3.98. The first-order valence-corrected chi connectivity index (χ1v) is 9.44. The first-order valence-electron chi connectivity index (χ1n) is 6.56. The van der Waals surface area contributed by atoms with Gasteiger partial charge in [0.15, 0.2) is 0 Å². The lowest BCUT2D eigenvalue weighted by molar-refractivity contribution is 0.519. The van der Waals surface area contributed by atoms with E-state index in [0.29, 0.717) is 19.1 Å². The average Bonchev–Trinajstić information content (AvgIpc) is 2.31. The molecule has 0 heterocycles. The van der Waals surface area contributed by atoms with Gasteiger partial charge in [-0.15, -0.1) is 0 Å². The summed E-state index contributed by atoms with van der Waals surface area (Å²) in [5, 5.41) is 3.12. The molecule has 0 aromatic heterocycles. The molecule has 0 spiro atoms. The minimum absolute atomic E-state index is 0.0263. The second-order valence-electron chi connectivity index (χ2n) is 4.84. The van der Waals surface area contributed by atoms with Crippen molar-refractivity contribution < 1.29 is 8.42 Å². The maximum absolute atomic E-state index is 11.8. The first kappa shape index (κ1) is 18.2. The molecular formula is C12H28N2O2S2. The predicted octanol–water partition coefficient (Wildman–Crippen LogP) is 1.83. The first-order chi connectivity index (χ1) is 8.31. The summed E-state index contributed by atoms with van der Waals surface area (Å²) in [4.78, 5) is 0. The van der Waals surface area contributed by atoms with Crippen molar-refractivity contribution in [2.45, 2.75) is 51.3 Å². The molecule has 0 rings (SSSR count). The van der Waals surface area contributed by atoms with Crippen LogP contribution in [0.5, 0.6) is 0 Å². The fraction of sp³-hybridized carbons (Fsp3) is 1.00. The quantitative estimate of drug-likeness (QED) is 0.646. The standard InChI is InChI=1S/C12H28N2O2S2/c1-6-12(7-2,17-5)10-14-18(15,16)9-8-13-11(3)4/h11,13-14H,6-10H2,1-5H3. The van der Waals surface area contributed by atoms with E-state index in [9.17, 15) is 8.42 Å². The number of nitrogens with one attached hydrogen (secondary N) is 2. The van der Waals surface area contributed by atoms with Gasteiger partial charge in [-0.3, -0.25) is 0 Å². The van der Waals surface area contributed by atoms with Crippen LogP contribution in [0.15, 0.2) is 0 Å². The summed E-state index contributed by atoms with van der Waals surface area (Å²) in [6.45, 7) is 9.24. The third kappa shape index (κ3) is 6.97. The largest absolute Gasteiger partial charge is 0.313 e. The Morgan fingerprint density at radius 3 is 2.17 bits per heavy atom. The van der Waals surface area contributed by atoms with E-state index in [-0.39, 0.29) is 10.5 Å². The van der Waals surface area contributed by atoms with Gasteiger partial charge in [0.25, 0.3) is 0 Å². The minimum atomic E-state index is -3.17. The van der Waals surface area contributed by atoms with Crippen LogP contribution < -0.4 is 10.0 Å². The topological polar surface area (TPSA) is 58.2 Å². The molecule has 0 bridgehead atoms. The SMILES string of the molecule is CCC(CC)(CNS(=O)(=O)CCNC(C)C)SC. The Bertz CT molecular complexity index is 304. The summed E-state index contributed by atoms with van der Waals surface area (Å²) < 4.78 is 26.5. The molecular weight excluding hydrogens is 268 g/mol. The Hall–Kier alpha value is 0.220. The van der Waals surface area contributed by atoms with Crippen LogP contribution in [0.2, 0.25) is 0 Å². The number of sulfonamides is 1. The van der Waals surface area contributed by atoms with Gasteiger partial charge in [-0.2, -0.15) is 11.8 Å². The smallest absolute Gasteiger partial charge is 0.212 e. The molecule has 2 N–H and O–H groups in total. The van der Waals surface area contributed by atoms with Gasteiger partial charge in [0, 0.05) is 23.9 Å². The Morgan fingerprint density at radius 1 is 1.22 bits per heavy atom. The van der Waals surface area contributed by atoms with Gasteiger partial charge in [0.05, 0.1) is 5.75 Å². The van der Waals surface area contributed by atoms with E-state index in [2.05, 4.69) is 23.9 Å². The van der Waals surface area contributed by atoms with Crippen LogP contribution in [-0.4, -0.2) is 44.3 Å². The fourth-order valence-electron chi connectivity index (χ4n) is 1.66. The molecule has 110 valence electrons. The molecule has 0 unspecified atom stereocenters. The second-order valence-corrected chi connectivity index (χ2v) is 8.04. The molecule has 0 saturated heterocycles. The van der Waals surface area contributed by atoms with Gasteiger partial charge in [-0.25, -0.2) is 13.1 Å². The predicted molar refractivity (Wildman–Crippen MR) is 81.8 cm³/mol. The number of rotatable bonds is 10. The summed E-state index contributed by atoms with van der Waals surface area (Å²) >= 11 is 1.74. The van der Waals surface area contributed by atoms with Gasteiger partial charge < -0.3 is 5.32 Å². The van der Waals surface area contributed by atoms with Crippen LogP contribution in [0.1, 0.15) is 40.5 Å². The van der Waals surface area contributed by atoms with E-state index in [1.54, 1.807) is 11.8 Å². The number of hydrogen-bond donors (Lipinski definition) is 2. The molecule has 0 fully saturated rings. The Morgan fingerprint density at radius 2 is 1.78 bits per heavy atom. The number of hydrogen-bond acceptors (Lipinski definition) is 4. The molecule has 0 radical (unpaired) electrons. The highest BCUT2D eigenvalue weighted by atomic mass is 32.2. The third-order valence-electron chi connectivity index (χ3n) is 3.26. The van der Waals surface area contributed by atoms with Crippen LogP contribution in [0.25, 0.3) is 0 Å². The van der Waals surface area contributed by atoms with Crippen LogP contribution in [0.4, 0.5) is 0 Å². The lowest BCUT2D eigenvalue weighted by Gasteiger charge is -2.29. The van der Waals surface area contributed by atoms with Gasteiger partial charge in [0.1, 0.15) is 0 Å². The van der Waals surface area contributed by atoms with Crippen molar-refractivity contribution in [2.75, 3.05) is 25.1 Å². The Kier molecular flexibility index (Phi) is 8.51. The summed E-state index contributed by atoms with van der Waals surface area (Å²) in [5.74, 6) is 0.142. The molecule has 0 aromatic rings. The average molecular weight is 297 g/mol. The van der Waals surface area contributed by atoms with Gasteiger partial charge in [-0.05, 0) is 19.1 Å². The molecule has 0 aliphatic heterocycles. The maximum Gasteiger partial charge on any atom is 0.212 e. The highest BCUT2D eigenvalue weighted by molar-refractivity contribution is 8.00. The van der Waals surface area contributed by atoms with Gasteiger partial charge in [-0.1, -0.05) is 27.7 Å². The zero-order valence-corrected chi connectivity index (χ0v) is 13.9. The van der Waals surface area contributed by atoms with Gasteiger partial charge in [0.2, 0.25) is 10.0 Å². The van der Waals surface area contributed by atoms with E-state index in [1.807, 2.05) is 20.1 Å². The molecule has 6 heteroatoms. The van der Waals surface area contributed by atoms with Gasteiger partial charge >= 0.3 is 0 Å². The van der Waals surface area contributed by atoms with Crippen LogP contribution in [-0.2, 0) is 10.0 Å². The van der Waals surface area contributed by atoms with E-state index < -0.39 is 10.0 Å². The molecule has 4 nitrogen and oxygen atoms in total. The van der Waals surface area contributed by atoms with Crippen molar-refractivity contribution in [3.8, 4) is 0 Å². The molecule has 0 aliphatic carbocycles. The number of thioether (sulfide) groups is 1. The lowest BCUT2D eigenvalue weighted by atomic mass is 10.0. The van der Waals surface area contributed by atoms with Crippen LogP contribution in [0, 0.1) is 0 Å². The molecule has 0 aromatic carbocycles. The molecule has 0 aliphatic rings. The second kappa shape index (κ2) is 8.40. The van der Waals surface area contributed by atoms with E-state index in [4.69, 9.17) is 0 Å². The van der Waals surface area contributed by atoms with E-state index in [1.165, 1.54) is 0 Å². The maximum atomic E-state index is 11.8. The minimum Gasteiger partial charge on any atom is -0.313 e. The highest BCUT2D eigenvalue weighted by Crippen LogP contribution is 2.29. The monoisotopic (exact) mass is 296 g/mol. The summed E-state index contributed by atoms with van der Waals surface area (Å²) in [6, 6.07) is 0.316. The van der Waals surface area contributed by atoms with Crippen molar-refractivity contribution in [3.63, 3.8) is 0 Å². The van der Waals surface area contributed by atoms with Crippen LogP contribution in [0.3, 0.4) is 0 Å². The van der Waals surface area contributed by atoms with Crippen molar-refractivity contribution in [2.24, 2.45) is 0 Å². The molecule has 0 amide bonds. The summed E-state index contributed by atoms with van der Waals surface area (Å²) in [7, 11) is -3.17. The van der Waals surface area contributed by atoms with E-state index >= 15 is 0 Å². The van der Waals surface area contributed by atoms with Crippen molar-refractivity contribution in [3.05, 3.63) is 0 Å². The molecule has 0 atom stereocenters. The Balaban J connectivity index is 4.24. The third-order valence-corrected chi connectivity index (χ3v) is 6.17. The fourth-order valence-corrected chi connectivity index (χ4v) is 3.57. The zero-order chi connectivity index (χ0) is 14.2. The van der Waals surface area contributed by atoms with Crippen molar-refractivity contribution >= 4 is 21.8 Å². The lowest BCUT2D eigenvalue weighted by Crippen LogP contribution is -2.42. The van der Waals surface area contributed by atoms with Crippen molar-refractivity contribution in [1.29, 1.82) is 0 Å². The van der Waals surface area contributed by atoms with Crippen molar-refractivity contribution in [1.82, 2.24) is 10.0 Å². The summed E-state index contributed by atoms with van der Waals surface area (Å²) in [5.41, 5.74) is 0. The van der Waals surface area contributed by atoms with E-state index in [0.717, 1.165) is 12.8 Å². The zero-order valence-electron chi connectivity index (χ0n) is 12.2.